The molecule has 0 unspecified atom stereocenters. The van der Waals surface area contributed by atoms with Crippen LogP contribution in [-0.4, -0.2) is 17.2 Å². The van der Waals surface area contributed by atoms with E-state index in [1.807, 2.05) is 0 Å². The van der Waals surface area contributed by atoms with Gasteiger partial charge in [-0.25, -0.2) is 0 Å². The predicted molar refractivity (Wildman–Crippen MR) is 244 cm³/mol. The van der Waals surface area contributed by atoms with E-state index in [2.05, 4.69) is 240 Å². The highest BCUT2D eigenvalue weighted by Crippen LogP contribution is 2.40. The second-order valence-corrected chi connectivity index (χ2v) is 18.6. The number of rotatable bonds is 7. The molecule has 0 bridgehead atoms. The van der Waals surface area contributed by atoms with Crippen molar-refractivity contribution >= 4 is 72.4 Å². The van der Waals surface area contributed by atoms with Crippen LogP contribution in [0.4, 0.5) is 0 Å². The van der Waals surface area contributed by atoms with Crippen molar-refractivity contribution in [2.45, 2.75) is 0 Å². The van der Waals surface area contributed by atoms with Crippen LogP contribution in [0.25, 0.3) is 66.1 Å². The van der Waals surface area contributed by atoms with Crippen molar-refractivity contribution < 1.29 is 0 Å². The molecular formula is C54H38N2Si. The standard InChI is InChI=1S/C54H38N2Si/c1-6-20-39(21-7-1)45-31-18-32-48-49-33-19-35-52(57(42-24-10-3-11-25-42,43-26-12-4-13-27-43)44-28-14-5-15-29-44)54(49)56(53(45)48)41-36-37-47-46-30-16-17-34-50(46)55(51(47)38-41)40-22-8-2-9-23-40/h1-38H. The van der Waals surface area contributed by atoms with Gasteiger partial charge in [-0.3, -0.25) is 0 Å². The highest BCUT2D eigenvalue weighted by molar-refractivity contribution is 7.20. The van der Waals surface area contributed by atoms with E-state index in [0.29, 0.717) is 0 Å². The molecule has 2 aromatic heterocycles. The number of benzene rings is 9. The van der Waals surface area contributed by atoms with Crippen molar-refractivity contribution in [2.75, 3.05) is 0 Å². The molecule has 0 radical (unpaired) electrons. The Labute approximate surface area is 333 Å². The maximum Gasteiger partial charge on any atom is 0.181 e. The van der Waals surface area contributed by atoms with E-state index in [4.69, 9.17) is 0 Å². The summed E-state index contributed by atoms with van der Waals surface area (Å²) in [6, 6.07) is 85.3. The maximum atomic E-state index is 2.60. The third kappa shape index (κ3) is 5.10. The Morgan fingerprint density at radius 2 is 0.789 bits per heavy atom. The Morgan fingerprint density at radius 3 is 1.42 bits per heavy atom. The van der Waals surface area contributed by atoms with Gasteiger partial charge in [0.15, 0.2) is 8.07 Å². The van der Waals surface area contributed by atoms with Crippen LogP contribution < -0.4 is 20.7 Å². The maximum absolute atomic E-state index is 2.96. The van der Waals surface area contributed by atoms with Crippen molar-refractivity contribution in [3.8, 4) is 22.5 Å². The number of fused-ring (bicyclic) bond motifs is 6. The summed E-state index contributed by atoms with van der Waals surface area (Å²) >= 11 is 0. The van der Waals surface area contributed by atoms with Gasteiger partial charge in [0, 0.05) is 38.5 Å². The molecule has 9 aromatic carbocycles. The van der Waals surface area contributed by atoms with Gasteiger partial charge >= 0.3 is 0 Å². The molecule has 57 heavy (non-hydrogen) atoms. The first kappa shape index (κ1) is 33.2. The van der Waals surface area contributed by atoms with Crippen LogP contribution in [0.2, 0.25) is 0 Å². The summed E-state index contributed by atoms with van der Waals surface area (Å²) in [5.74, 6) is 0. The van der Waals surface area contributed by atoms with E-state index >= 15 is 0 Å². The van der Waals surface area contributed by atoms with Gasteiger partial charge in [0.05, 0.1) is 22.1 Å². The SMILES string of the molecule is c1ccc(-c2cccc3c4cccc([Si](c5ccccc5)(c5ccccc5)c5ccccc5)c4n(-c4ccc5c6ccccc6n(-c6ccccc6)c5c4)c23)cc1. The second-order valence-electron chi connectivity index (χ2n) is 14.8. The average Bonchev–Trinajstić information content (AvgIpc) is 3.81. The molecule has 11 aromatic rings. The molecule has 0 aliphatic carbocycles. The molecule has 0 atom stereocenters. The summed E-state index contributed by atoms with van der Waals surface area (Å²) < 4.78 is 5.03. The van der Waals surface area contributed by atoms with Gasteiger partial charge in [-0.1, -0.05) is 200 Å². The van der Waals surface area contributed by atoms with Gasteiger partial charge in [0.25, 0.3) is 0 Å². The van der Waals surface area contributed by atoms with Crippen LogP contribution in [0, 0.1) is 0 Å². The van der Waals surface area contributed by atoms with E-state index in [9.17, 15) is 0 Å². The molecule has 0 N–H and O–H groups in total. The zero-order valence-electron chi connectivity index (χ0n) is 31.3. The normalized spacial score (nSPS) is 11.9. The van der Waals surface area contributed by atoms with Crippen LogP contribution in [-0.2, 0) is 0 Å². The molecule has 2 nitrogen and oxygen atoms in total. The Bertz CT molecular complexity index is 3110. The topological polar surface area (TPSA) is 9.86 Å². The van der Waals surface area contributed by atoms with Gasteiger partial charge in [-0.2, -0.15) is 0 Å². The van der Waals surface area contributed by atoms with Crippen molar-refractivity contribution in [1.29, 1.82) is 0 Å². The molecule has 0 fully saturated rings. The third-order valence-corrected chi connectivity index (χ3v) is 16.7. The monoisotopic (exact) mass is 742 g/mol. The van der Waals surface area contributed by atoms with Crippen molar-refractivity contribution in [2.24, 2.45) is 0 Å². The summed E-state index contributed by atoms with van der Waals surface area (Å²) in [6.07, 6.45) is 0. The highest BCUT2D eigenvalue weighted by atomic mass is 28.3. The molecule has 0 spiro atoms. The Kier molecular flexibility index (Phi) is 7.87. The quantitative estimate of drug-likeness (QED) is 0.114. The number of hydrogen-bond donors (Lipinski definition) is 0. The van der Waals surface area contributed by atoms with Crippen LogP contribution >= 0.6 is 0 Å². The van der Waals surface area contributed by atoms with Gasteiger partial charge < -0.3 is 9.13 Å². The lowest BCUT2D eigenvalue weighted by molar-refractivity contribution is 1.16. The van der Waals surface area contributed by atoms with Crippen LogP contribution in [0.1, 0.15) is 0 Å². The van der Waals surface area contributed by atoms with Crippen LogP contribution in [0.3, 0.4) is 0 Å². The molecule has 2 heterocycles. The first-order valence-electron chi connectivity index (χ1n) is 19.7. The second kappa shape index (κ2) is 13.5. The number of hydrogen-bond acceptors (Lipinski definition) is 0. The van der Waals surface area contributed by atoms with Crippen molar-refractivity contribution in [3.05, 3.63) is 231 Å². The first-order chi connectivity index (χ1) is 28.3. The molecule has 0 aliphatic rings. The predicted octanol–water partition coefficient (Wildman–Crippen LogP) is 10.9. The van der Waals surface area contributed by atoms with Crippen molar-refractivity contribution in [3.63, 3.8) is 0 Å². The minimum absolute atomic E-state index is 1.13. The van der Waals surface area contributed by atoms with Gasteiger partial charge in [-0.05, 0) is 56.6 Å². The molecule has 0 saturated heterocycles. The smallest absolute Gasteiger partial charge is 0.181 e. The van der Waals surface area contributed by atoms with Gasteiger partial charge in [0.2, 0.25) is 0 Å². The van der Waals surface area contributed by atoms with Gasteiger partial charge in [-0.15, -0.1) is 0 Å². The zero-order valence-corrected chi connectivity index (χ0v) is 32.3. The fourth-order valence-corrected chi connectivity index (χ4v) is 14.5. The fourth-order valence-electron chi connectivity index (χ4n) is 9.51. The summed E-state index contributed by atoms with van der Waals surface area (Å²) in [6.45, 7) is 0. The lowest BCUT2D eigenvalue weighted by Gasteiger charge is -2.35. The van der Waals surface area contributed by atoms with E-state index in [1.54, 1.807) is 0 Å². The molecule has 0 aliphatic heterocycles. The largest absolute Gasteiger partial charge is 0.309 e. The number of nitrogens with zero attached hydrogens (tertiary/aromatic N) is 2. The first-order valence-corrected chi connectivity index (χ1v) is 21.7. The lowest BCUT2D eigenvalue weighted by Crippen LogP contribution is -2.75. The Balaban J connectivity index is 1.35. The van der Waals surface area contributed by atoms with Crippen LogP contribution in [0.5, 0.6) is 0 Å². The summed E-state index contributed by atoms with van der Waals surface area (Å²) in [5.41, 5.74) is 9.55. The zero-order chi connectivity index (χ0) is 37.8. The van der Waals surface area contributed by atoms with Gasteiger partial charge in [0.1, 0.15) is 0 Å². The summed E-state index contributed by atoms with van der Waals surface area (Å²) in [4.78, 5) is 0. The van der Waals surface area contributed by atoms with E-state index < -0.39 is 8.07 Å². The summed E-state index contributed by atoms with van der Waals surface area (Å²) in [7, 11) is -2.96. The third-order valence-electron chi connectivity index (χ3n) is 11.8. The van der Waals surface area contributed by atoms with Crippen LogP contribution in [0.15, 0.2) is 231 Å². The average molecular weight is 743 g/mol. The Morgan fingerprint density at radius 1 is 0.298 bits per heavy atom. The lowest BCUT2D eigenvalue weighted by atomic mass is 10.0. The molecule has 3 heteroatoms. The molecule has 268 valence electrons. The highest BCUT2D eigenvalue weighted by Gasteiger charge is 2.43. The van der Waals surface area contributed by atoms with E-state index in [-0.39, 0.29) is 0 Å². The molecular weight excluding hydrogens is 705 g/mol. The number of para-hydroxylation sites is 4. The molecule has 0 amide bonds. The summed E-state index contributed by atoms with van der Waals surface area (Å²) in [5, 5.41) is 10.4. The molecule has 11 rings (SSSR count). The fraction of sp³-hybridized carbons (Fsp3) is 0. The minimum Gasteiger partial charge on any atom is -0.309 e. The molecule has 0 saturated carbocycles. The minimum atomic E-state index is -2.96. The van der Waals surface area contributed by atoms with E-state index in [1.165, 1.54) is 75.5 Å². The number of aromatic nitrogens is 2. The van der Waals surface area contributed by atoms with Crippen molar-refractivity contribution in [1.82, 2.24) is 9.13 Å². The Hall–Kier alpha value is -7.20. The van der Waals surface area contributed by atoms with E-state index in [0.717, 1.165) is 11.4 Å².